The second-order valence-corrected chi connectivity index (χ2v) is 2.09. The van der Waals surface area contributed by atoms with Crippen molar-refractivity contribution in [2.75, 3.05) is 0 Å². The Kier molecular flexibility index (Phi) is 4.43. The molecule has 0 spiro atoms. The molecule has 1 aromatic heterocycles. The summed E-state index contributed by atoms with van der Waals surface area (Å²) in [6.45, 7) is 2.13. The van der Waals surface area contributed by atoms with Gasteiger partial charge >= 0.3 is 0 Å². The van der Waals surface area contributed by atoms with Crippen molar-refractivity contribution >= 4 is 0 Å². The van der Waals surface area contributed by atoms with Crippen LogP contribution in [-0.2, 0) is 13.5 Å². The number of nitrogens with one attached hydrogen (secondary N) is 1. The second-order valence-electron chi connectivity index (χ2n) is 2.09. The van der Waals surface area contributed by atoms with E-state index >= 15 is 0 Å². The van der Waals surface area contributed by atoms with Gasteiger partial charge in [-0.15, -0.1) is 0 Å². The summed E-state index contributed by atoms with van der Waals surface area (Å²) in [6.07, 6.45) is 5.03. The van der Waals surface area contributed by atoms with Crippen molar-refractivity contribution in [1.29, 1.82) is 0 Å². The topological polar surface area (TPSA) is 85.9 Å². The zero-order valence-corrected chi connectivity index (χ0v) is 6.98. The SMILES string of the molecule is CCc1[nH]cc[n+]1C.O=[N+]([O-])[O-]. The van der Waals surface area contributed by atoms with Crippen LogP contribution < -0.4 is 4.57 Å². The van der Waals surface area contributed by atoms with Crippen molar-refractivity contribution in [3.05, 3.63) is 33.5 Å². The van der Waals surface area contributed by atoms with Crippen molar-refractivity contribution in [2.24, 2.45) is 7.05 Å². The van der Waals surface area contributed by atoms with E-state index in [1.54, 1.807) is 0 Å². The highest BCUT2D eigenvalue weighted by atomic mass is 16.9. The molecule has 12 heavy (non-hydrogen) atoms. The summed E-state index contributed by atoms with van der Waals surface area (Å²) in [5.41, 5.74) is 0. The highest BCUT2D eigenvalue weighted by Gasteiger charge is 1.99. The highest BCUT2D eigenvalue weighted by Crippen LogP contribution is 1.82. The first kappa shape index (κ1) is 10.4. The van der Waals surface area contributed by atoms with E-state index in [0.717, 1.165) is 6.42 Å². The molecule has 0 aliphatic heterocycles. The molecule has 0 aliphatic carbocycles. The molecule has 0 atom stereocenters. The average Bonchev–Trinajstić information content (AvgIpc) is 2.33. The highest BCUT2D eigenvalue weighted by molar-refractivity contribution is 4.74. The van der Waals surface area contributed by atoms with Gasteiger partial charge < -0.3 is 15.3 Å². The summed E-state index contributed by atoms with van der Waals surface area (Å²) in [4.78, 5) is 11.4. The number of hydrogen-bond acceptors (Lipinski definition) is 3. The predicted octanol–water partition coefficient (Wildman–Crippen LogP) is 0.163. The zero-order valence-electron chi connectivity index (χ0n) is 6.98. The van der Waals surface area contributed by atoms with Crippen LogP contribution in [0.15, 0.2) is 12.4 Å². The quantitative estimate of drug-likeness (QED) is 0.373. The maximum atomic E-state index is 8.25. The Morgan fingerprint density at radius 2 is 2.17 bits per heavy atom. The lowest BCUT2D eigenvalue weighted by molar-refractivity contribution is -0.677. The second kappa shape index (κ2) is 5.11. The van der Waals surface area contributed by atoms with Gasteiger partial charge in [-0.1, -0.05) is 6.92 Å². The summed E-state index contributed by atoms with van der Waals surface area (Å²) in [7, 11) is 2.04. The molecule has 1 rings (SSSR count). The number of nitrogens with zero attached hydrogens (tertiary/aromatic N) is 2. The van der Waals surface area contributed by atoms with Crippen molar-refractivity contribution in [3.63, 3.8) is 0 Å². The van der Waals surface area contributed by atoms with E-state index in [4.69, 9.17) is 15.3 Å². The third kappa shape index (κ3) is 4.26. The van der Waals surface area contributed by atoms with E-state index in [1.807, 2.05) is 19.4 Å². The van der Waals surface area contributed by atoms with Crippen LogP contribution in [0.3, 0.4) is 0 Å². The van der Waals surface area contributed by atoms with E-state index in [0.29, 0.717) is 0 Å². The molecule has 6 heteroatoms. The van der Waals surface area contributed by atoms with Gasteiger partial charge in [0, 0.05) is 6.42 Å². The Balaban J connectivity index is 0.000000261. The Bertz CT molecular complexity index is 242. The fourth-order valence-electron chi connectivity index (χ4n) is 0.789. The first-order valence-corrected chi connectivity index (χ1v) is 3.41. The Morgan fingerprint density at radius 1 is 1.67 bits per heavy atom. The van der Waals surface area contributed by atoms with Crippen molar-refractivity contribution in [2.45, 2.75) is 13.3 Å². The third-order valence-electron chi connectivity index (χ3n) is 1.31. The standard InChI is InChI=1S/C6H10N2.NO3/c1-3-6-7-4-5-8(6)2;2-1(3)4/h4-5H,3H2,1-2H3;/q;-1/p+1. The molecule has 0 bridgehead atoms. The first-order chi connectivity index (χ1) is 5.57. The molecular weight excluding hydrogens is 162 g/mol. The maximum absolute atomic E-state index is 8.25. The van der Waals surface area contributed by atoms with Gasteiger partial charge in [-0.05, 0) is 0 Å². The lowest BCUT2D eigenvalue weighted by Gasteiger charge is -1.83. The van der Waals surface area contributed by atoms with E-state index in [1.165, 1.54) is 5.82 Å². The lowest BCUT2D eigenvalue weighted by atomic mass is 10.5. The van der Waals surface area contributed by atoms with E-state index < -0.39 is 5.09 Å². The summed E-state index contributed by atoms with van der Waals surface area (Å²) in [5, 5.41) is 14.8. The Morgan fingerprint density at radius 3 is 2.33 bits per heavy atom. The third-order valence-corrected chi connectivity index (χ3v) is 1.31. The fraction of sp³-hybridized carbons (Fsp3) is 0.500. The van der Waals surface area contributed by atoms with Crippen LogP contribution >= 0.6 is 0 Å². The summed E-state index contributed by atoms with van der Waals surface area (Å²) >= 11 is 0. The number of aromatic amines is 1. The molecule has 1 heterocycles. The van der Waals surface area contributed by atoms with Gasteiger partial charge in [-0.3, -0.25) is 0 Å². The van der Waals surface area contributed by atoms with Gasteiger partial charge in [-0.2, -0.15) is 0 Å². The van der Waals surface area contributed by atoms with Crippen molar-refractivity contribution < 1.29 is 9.65 Å². The molecule has 0 saturated heterocycles. The maximum Gasteiger partial charge on any atom is 0.253 e. The molecule has 68 valence electrons. The van der Waals surface area contributed by atoms with Crippen LogP contribution in [-0.4, -0.2) is 10.1 Å². The molecule has 0 aliphatic rings. The monoisotopic (exact) mass is 173 g/mol. The van der Waals surface area contributed by atoms with E-state index in [9.17, 15) is 0 Å². The molecule has 1 N–H and O–H groups in total. The number of imidazole rings is 1. The van der Waals surface area contributed by atoms with Gasteiger partial charge in [0.05, 0.1) is 12.1 Å². The Hall–Kier alpha value is -1.59. The van der Waals surface area contributed by atoms with Gasteiger partial charge in [0.15, 0.2) is 0 Å². The minimum Gasteiger partial charge on any atom is -0.356 e. The zero-order chi connectivity index (χ0) is 9.56. The largest absolute Gasteiger partial charge is 0.356 e. The smallest absolute Gasteiger partial charge is 0.253 e. The van der Waals surface area contributed by atoms with Crippen LogP contribution in [0.1, 0.15) is 12.7 Å². The number of hydrogen-bond donors (Lipinski definition) is 1. The number of aromatic nitrogens is 2. The van der Waals surface area contributed by atoms with Crippen molar-refractivity contribution in [3.8, 4) is 0 Å². The first-order valence-electron chi connectivity index (χ1n) is 3.41. The molecule has 0 unspecified atom stereocenters. The molecule has 6 nitrogen and oxygen atoms in total. The molecule has 0 aromatic carbocycles. The van der Waals surface area contributed by atoms with Crippen LogP contribution in [0.25, 0.3) is 0 Å². The van der Waals surface area contributed by atoms with Crippen LogP contribution in [0, 0.1) is 15.3 Å². The molecular formula is C6H11N3O3. The van der Waals surface area contributed by atoms with Crippen molar-refractivity contribution in [1.82, 2.24) is 4.98 Å². The van der Waals surface area contributed by atoms with Gasteiger partial charge in [0.25, 0.3) is 5.82 Å². The number of rotatable bonds is 1. The molecule has 0 amide bonds. The van der Waals surface area contributed by atoms with Crippen LogP contribution in [0.2, 0.25) is 0 Å². The molecule has 0 radical (unpaired) electrons. The number of aryl methyl sites for hydroxylation is 2. The van der Waals surface area contributed by atoms with Crippen LogP contribution in [0.5, 0.6) is 0 Å². The predicted molar refractivity (Wildman–Crippen MR) is 41.7 cm³/mol. The summed E-state index contributed by atoms with van der Waals surface area (Å²) < 4.78 is 2.08. The average molecular weight is 173 g/mol. The van der Waals surface area contributed by atoms with Gasteiger partial charge in [0.1, 0.15) is 12.4 Å². The molecule has 0 fully saturated rings. The molecule has 0 saturated carbocycles. The fourth-order valence-corrected chi connectivity index (χ4v) is 0.789. The summed E-state index contributed by atoms with van der Waals surface area (Å²) in [5.74, 6) is 1.27. The normalized spacial score (nSPS) is 8.50. The minimum atomic E-state index is -1.75. The lowest BCUT2D eigenvalue weighted by Crippen LogP contribution is -2.29. The van der Waals surface area contributed by atoms with E-state index in [2.05, 4.69) is 16.5 Å². The Labute approximate surface area is 69.6 Å². The van der Waals surface area contributed by atoms with Gasteiger partial charge in [0.2, 0.25) is 0 Å². The van der Waals surface area contributed by atoms with Crippen LogP contribution in [0.4, 0.5) is 0 Å². The van der Waals surface area contributed by atoms with Gasteiger partial charge in [-0.25, -0.2) is 9.55 Å². The minimum absolute atomic E-state index is 1.07. The summed E-state index contributed by atoms with van der Waals surface area (Å²) in [6, 6.07) is 0. The molecule has 1 aromatic rings. The number of H-pyrrole nitrogens is 1. The van der Waals surface area contributed by atoms with E-state index in [-0.39, 0.29) is 0 Å².